The maximum Gasteiger partial charge on any atom is 0.261 e. The van der Waals surface area contributed by atoms with Gasteiger partial charge in [-0.05, 0) is 18.4 Å². The first-order valence-electron chi connectivity index (χ1n) is 7.33. The summed E-state index contributed by atoms with van der Waals surface area (Å²) in [5, 5.41) is 13.0. The second kappa shape index (κ2) is 6.98. The Hall–Kier alpha value is -2.45. The molecule has 7 nitrogen and oxygen atoms in total. The minimum atomic E-state index is -0.920. The van der Waals surface area contributed by atoms with Crippen molar-refractivity contribution >= 4 is 29.5 Å². The zero-order chi connectivity index (χ0) is 17.1. The Kier molecular flexibility index (Phi) is 4.77. The van der Waals surface area contributed by atoms with Crippen molar-refractivity contribution in [3.05, 3.63) is 47.8 Å². The predicted octanol–water partition coefficient (Wildman–Crippen LogP) is 1.27. The molecule has 0 saturated heterocycles. The van der Waals surface area contributed by atoms with E-state index in [0.29, 0.717) is 17.1 Å². The number of benzene rings is 1. The molecule has 2 heterocycles. The number of thioether (sulfide) groups is 1. The van der Waals surface area contributed by atoms with E-state index in [-0.39, 0.29) is 24.9 Å². The number of amides is 2. The standard InChI is InChI=1S/C16H16N4O3S/c1-24-11-7-18-16(19-8-11)17-6-10(21)9-20-14(22)12-4-2-3-5-13(12)15(20)23/h2-5,7-8,10,21H,6,9H2,1H3,(H,17,18,19)/t10-/m0/s1. The molecule has 2 amide bonds. The minimum absolute atomic E-state index is 0.0811. The van der Waals surface area contributed by atoms with Gasteiger partial charge in [0.05, 0.1) is 23.8 Å². The van der Waals surface area contributed by atoms with Crippen LogP contribution in [-0.2, 0) is 0 Å². The first-order chi connectivity index (χ1) is 11.6. The summed E-state index contributed by atoms with van der Waals surface area (Å²) in [7, 11) is 0. The Morgan fingerprint density at radius 1 is 1.17 bits per heavy atom. The number of nitrogens with one attached hydrogen (secondary N) is 1. The van der Waals surface area contributed by atoms with Crippen molar-refractivity contribution in [2.24, 2.45) is 0 Å². The molecule has 0 radical (unpaired) electrons. The number of carbonyl (C=O) groups excluding carboxylic acids is 2. The first kappa shape index (κ1) is 16.4. The third-order valence-electron chi connectivity index (χ3n) is 3.63. The molecule has 124 valence electrons. The fraction of sp³-hybridized carbons (Fsp3) is 0.250. The molecule has 1 aliphatic rings. The molecular formula is C16H16N4O3S. The van der Waals surface area contributed by atoms with E-state index in [1.165, 1.54) is 11.8 Å². The van der Waals surface area contributed by atoms with Gasteiger partial charge in [-0.25, -0.2) is 9.97 Å². The lowest BCUT2D eigenvalue weighted by atomic mass is 10.1. The molecule has 8 heteroatoms. The third kappa shape index (κ3) is 3.24. The number of aliphatic hydroxyl groups is 1. The zero-order valence-electron chi connectivity index (χ0n) is 13.0. The van der Waals surface area contributed by atoms with Crippen LogP contribution in [0.4, 0.5) is 5.95 Å². The topological polar surface area (TPSA) is 95.4 Å². The molecule has 0 aliphatic carbocycles. The van der Waals surface area contributed by atoms with Crippen LogP contribution in [0.1, 0.15) is 20.7 Å². The lowest BCUT2D eigenvalue weighted by Gasteiger charge is -2.18. The van der Waals surface area contributed by atoms with Crippen LogP contribution in [0.3, 0.4) is 0 Å². The van der Waals surface area contributed by atoms with Crippen LogP contribution in [-0.4, -0.2) is 57.2 Å². The van der Waals surface area contributed by atoms with Gasteiger partial charge >= 0.3 is 0 Å². The summed E-state index contributed by atoms with van der Waals surface area (Å²) in [6.45, 7) is 0.0499. The minimum Gasteiger partial charge on any atom is -0.389 e. The number of hydrogen-bond donors (Lipinski definition) is 2. The SMILES string of the molecule is CSc1cnc(NC[C@H](O)CN2C(=O)c3ccccc3C2=O)nc1. The summed E-state index contributed by atoms with van der Waals surface area (Å²) in [4.78, 5) is 34.7. The Labute approximate surface area is 143 Å². The fourth-order valence-electron chi connectivity index (χ4n) is 2.40. The second-order valence-corrected chi connectivity index (χ2v) is 6.13. The summed E-state index contributed by atoms with van der Waals surface area (Å²) < 4.78 is 0. The van der Waals surface area contributed by atoms with Crippen LogP contribution in [0.25, 0.3) is 0 Å². The summed E-state index contributed by atoms with van der Waals surface area (Å²) in [5.41, 5.74) is 0.747. The number of nitrogens with zero attached hydrogens (tertiary/aromatic N) is 3. The van der Waals surface area contributed by atoms with Crippen LogP contribution in [0.2, 0.25) is 0 Å². The van der Waals surface area contributed by atoms with Gasteiger partial charge in [0.25, 0.3) is 11.8 Å². The van der Waals surface area contributed by atoms with E-state index in [2.05, 4.69) is 15.3 Å². The maximum atomic E-state index is 12.2. The quantitative estimate of drug-likeness (QED) is 0.602. The zero-order valence-corrected chi connectivity index (χ0v) is 13.8. The molecule has 1 aromatic heterocycles. The normalized spacial score (nSPS) is 14.7. The van der Waals surface area contributed by atoms with Crippen LogP contribution in [0.15, 0.2) is 41.6 Å². The maximum absolute atomic E-state index is 12.2. The summed E-state index contributed by atoms with van der Waals surface area (Å²) in [6.07, 6.45) is 4.36. The number of carbonyl (C=O) groups is 2. The van der Waals surface area contributed by atoms with Gasteiger partial charge in [0.1, 0.15) is 0 Å². The highest BCUT2D eigenvalue weighted by atomic mass is 32.2. The van der Waals surface area contributed by atoms with Gasteiger partial charge < -0.3 is 10.4 Å². The van der Waals surface area contributed by atoms with Crippen molar-refractivity contribution in [2.45, 2.75) is 11.0 Å². The first-order valence-corrected chi connectivity index (χ1v) is 8.56. The van der Waals surface area contributed by atoms with Crippen LogP contribution < -0.4 is 5.32 Å². The second-order valence-electron chi connectivity index (χ2n) is 5.25. The number of fused-ring (bicyclic) bond motifs is 1. The van der Waals surface area contributed by atoms with Gasteiger partial charge in [-0.15, -0.1) is 11.8 Å². The van der Waals surface area contributed by atoms with Crippen molar-refractivity contribution in [3.63, 3.8) is 0 Å². The molecule has 0 unspecified atom stereocenters. The van der Waals surface area contributed by atoms with E-state index in [4.69, 9.17) is 0 Å². The number of β-amino-alcohol motifs (C(OH)–C–C–N with tert-alkyl or cyclic N) is 1. The monoisotopic (exact) mass is 344 g/mol. The number of rotatable bonds is 6. The van der Waals surface area contributed by atoms with Gasteiger partial charge in [-0.1, -0.05) is 12.1 Å². The molecular weight excluding hydrogens is 328 g/mol. The molecule has 2 aromatic rings. The summed E-state index contributed by atoms with van der Waals surface area (Å²) in [5.74, 6) is -0.375. The van der Waals surface area contributed by atoms with Gasteiger partial charge in [-0.2, -0.15) is 0 Å². The number of imide groups is 1. The van der Waals surface area contributed by atoms with Crippen LogP contribution >= 0.6 is 11.8 Å². The molecule has 1 aromatic carbocycles. The van der Waals surface area contributed by atoms with E-state index in [0.717, 1.165) is 9.80 Å². The van der Waals surface area contributed by atoms with Crippen molar-refractivity contribution in [1.82, 2.24) is 14.9 Å². The molecule has 0 fully saturated rings. The molecule has 0 saturated carbocycles. The number of hydrogen-bond acceptors (Lipinski definition) is 7. The third-order valence-corrected chi connectivity index (χ3v) is 4.31. The fourth-order valence-corrected chi connectivity index (χ4v) is 2.72. The van der Waals surface area contributed by atoms with E-state index in [1.807, 2.05) is 6.26 Å². The molecule has 1 atom stereocenters. The van der Waals surface area contributed by atoms with Gasteiger partial charge in [0.15, 0.2) is 0 Å². The number of aromatic nitrogens is 2. The van der Waals surface area contributed by atoms with Gasteiger partial charge in [0.2, 0.25) is 5.95 Å². The van der Waals surface area contributed by atoms with E-state index in [9.17, 15) is 14.7 Å². The van der Waals surface area contributed by atoms with E-state index in [1.54, 1.807) is 36.7 Å². The van der Waals surface area contributed by atoms with Crippen molar-refractivity contribution < 1.29 is 14.7 Å². The molecule has 0 spiro atoms. The van der Waals surface area contributed by atoms with Crippen molar-refractivity contribution in [1.29, 1.82) is 0 Å². The molecule has 1 aliphatic heterocycles. The van der Waals surface area contributed by atoms with Crippen molar-refractivity contribution in [2.75, 3.05) is 24.7 Å². The van der Waals surface area contributed by atoms with Gasteiger partial charge in [-0.3, -0.25) is 14.5 Å². The molecule has 24 heavy (non-hydrogen) atoms. The Bertz CT molecular complexity index is 731. The van der Waals surface area contributed by atoms with Crippen molar-refractivity contribution in [3.8, 4) is 0 Å². The average Bonchev–Trinajstić information content (AvgIpc) is 2.86. The molecule has 0 bridgehead atoms. The molecule has 2 N–H and O–H groups in total. The summed E-state index contributed by atoms with van der Waals surface area (Å²) >= 11 is 1.53. The van der Waals surface area contributed by atoms with Crippen LogP contribution in [0, 0.1) is 0 Å². The lowest BCUT2D eigenvalue weighted by Crippen LogP contribution is -2.39. The van der Waals surface area contributed by atoms with E-state index >= 15 is 0 Å². The Balaban J connectivity index is 1.58. The largest absolute Gasteiger partial charge is 0.389 e. The van der Waals surface area contributed by atoms with E-state index < -0.39 is 6.10 Å². The Morgan fingerprint density at radius 2 is 1.75 bits per heavy atom. The van der Waals surface area contributed by atoms with Crippen LogP contribution in [0.5, 0.6) is 0 Å². The Morgan fingerprint density at radius 3 is 2.29 bits per heavy atom. The lowest BCUT2D eigenvalue weighted by molar-refractivity contribution is 0.0557. The highest BCUT2D eigenvalue weighted by molar-refractivity contribution is 7.98. The summed E-state index contributed by atoms with van der Waals surface area (Å²) in [6, 6.07) is 6.64. The number of anilines is 1. The molecule has 3 rings (SSSR count). The highest BCUT2D eigenvalue weighted by Crippen LogP contribution is 2.22. The number of aliphatic hydroxyl groups excluding tert-OH is 1. The predicted molar refractivity (Wildman–Crippen MR) is 90.1 cm³/mol. The van der Waals surface area contributed by atoms with Gasteiger partial charge in [0, 0.05) is 23.8 Å². The highest BCUT2D eigenvalue weighted by Gasteiger charge is 2.35. The average molecular weight is 344 g/mol. The smallest absolute Gasteiger partial charge is 0.261 e.